The van der Waals surface area contributed by atoms with E-state index >= 15 is 0 Å². The zero-order chi connectivity index (χ0) is 9.52. The Bertz CT molecular complexity index is 393. The lowest BCUT2D eigenvalue weighted by molar-refractivity contribution is 1.60. The molecule has 1 aromatic carbocycles. The highest BCUT2D eigenvalue weighted by Crippen LogP contribution is 2.01. The van der Waals surface area contributed by atoms with Crippen molar-refractivity contribution in [1.29, 1.82) is 0 Å². The van der Waals surface area contributed by atoms with Gasteiger partial charge in [0.05, 0.1) is 0 Å². The minimum Gasteiger partial charge on any atom is -0.115 e. The summed E-state index contributed by atoms with van der Waals surface area (Å²) in [6.07, 6.45) is 6.79. The van der Waals surface area contributed by atoms with Gasteiger partial charge in [-0.3, -0.25) is 0 Å². The summed E-state index contributed by atoms with van der Waals surface area (Å²) >= 11 is 5.31. The average molecular weight is 187 g/mol. The van der Waals surface area contributed by atoms with Crippen molar-refractivity contribution in [3.8, 4) is 24.2 Å². The molecule has 1 heteroatoms. The Labute approximate surface area is 83.2 Å². The highest BCUT2D eigenvalue weighted by atomic mass is 35.5. The van der Waals surface area contributed by atoms with Crippen LogP contribution in [0.25, 0.3) is 0 Å². The molecule has 0 unspecified atom stereocenters. The van der Waals surface area contributed by atoms with Gasteiger partial charge in [-0.25, -0.2) is 0 Å². The van der Waals surface area contributed by atoms with E-state index in [4.69, 9.17) is 18.0 Å². The third-order valence-electron chi connectivity index (χ3n) is 1.41. The lowest BCUT2D eigenvalue weighted by Gasteiger charge is -1.89. The molecule has 0 spiro atoms. The van der Waals surface area contributed by atoms with Crippen LogP contribution < -0.4 is 0 Å². The summed E-state index contributed by atoms with van der Waals surface area (Å²) in [6, 6.07) is 7.47. The molecule has 0 amide bonds. The van der Waals surface area contributed by atoms with Crippen molar-refractivity contribution in [2.24, 2.45) is 0 Å². The van der Waals surface area contributed by atoms with Crippen LogP contribution in [-0.4, -0.2) is 0 Å². The minimum absolute atomic E-state index is 0.860. The number of terminal acetylenes is 1. The Morgan fingerprint density at radius 2 is 1.77 bits per heavy atom. The maximum atomic E-state index is 5.31. The maximum Gasteiger partial charge on any atom is 0.0249 e. The molecule has 0 aliphatic rings. The zero-order valence-electron chi connectivity index (χ0n) is 6.92. The zero-order valence-corrected chi connectivity index (χ0v) is 7.68. The fraction of sp³-hybridized carbons (Fsp3) is 0. The van der Waals surface area contributed by atoms with Crippen molar-refractivity contribution < 1.29 is 0 Å². The van der Waals surface area contributed by atoms with Crippen molar-refractivity contribution in [2.75, 3.05) is 0 Å². The Hall–Kier alpha value is -1.63. The predicted molar refractivity (Wildman–Crippen MR) is 56.2 cm³/mol. The van der Waals surface area contributed by atoms with Crippen LogP contribution in [0, 0.1) is 24.2 Å². The number of hydrogen-bond acceptors (Lipinski definition) is 0. The smallest absolute Gasteiger partial charge is 0.0249 e. The van der Waals surface area contributed by atoms with Crippen LogP contribution in [0.15, 0.2) is 35.9 Å². The van der Waals surface area contributed by atoms with E-state index in [0.717, 1.165) is 11.1 Å². The molecule has 0 saturated heterocycles. The Morgan fingerprint density at radius 3 is 2.31 bits per heavy atom. The monoisotopic (exact) mass is 186 g/mol. The van der Waals surface area contributed by atoms with E-state index in [0.29, 0.717) is 0 Å². The quantitative estimate of drug-likeness (QED) is 0.547. The molecular formula is C12H7Cl. The van der Waals surface area contributed by atoms with Gasteiger partial charge >= 0.3 is 0 Å². The Morgan fingerprint density at radius 1 is 1.15 bits per heavy atom. The number of halogens is 1. The predicted octanol–water partition coefficient (Wildman–Crippen LogP) is 2.77. The lowest BCUT2D eigenvalue weighted by Crippen LogP contribution is -1.75. The van der Waals surface area contributed by atoms with Crippen LogP contribution in [0.5, 0.6) is 0 Å². The summed E-state index contributed by atoms with van der Waals surface area (Å²) in [4.78, 5) is 0. The van der Waals surface area contributed by atoms with Crippen LogP contribution in [-0.2, 0) is 0 Å². The first-order valence-corrected chi connectivity index (χ1v) is 4.14. The molecule has 62 valence electrons. The molecule has 0 aliphatic carbocycles. The minimum atomic E-state index is 0.860. The Kier molecular flexibility index (Phi) is 3.71. The van der Waals surface area contributed by atoms with E-state index in [1.807, 2.05) is 24.3 Å². The van der Waals surface area contributed by atoms with Gasteiger partial charge in [0.25, 0.3) is 0 Å². The third-order valence-corrected chi connectivity index (χ3v) is 1.54. The van der Waals surface area contributed by atoms with E-state index in [1.165, 1.54) is 5.54 Å². The molecule has 1 aromatic rings. The van der Waals surface area contributed by atoms with Gasteiger partial charge < -0.3 is 0 Å². The average Bonchev–Trinajstić information content (AvgIpc) is 2.19. The molecule has 0 bridgehead atoms. The molecular weight excluding hydrogens is 180 g/mol. The van der Waals surface area contributed by atoms with Crippen LogP contribution >= 0.6 is 11.6 Å². The van der Waals surface area contributed by atoms with E-state index in [9.17, 15) is 0 Å². The summed E-state index contributed by atoms with van der Waals surface area (Å²) in [5.74, 6) is 8.22. The molecule has 0 radical (unpaired) electrons. The second kappa shape index (κ2) is 5.09. The summed E-state index contributed by atoms with van der Waals surface area (Å²) < 4.78 is 0. The van der Waals surface area contributed by atoms with Gasteiger partial charge in [0.15, 0.2) is 0 Å². The van der Waals surface area contributed by atoms with Gasteiger partial charge in [0.2, 0.25) is 0 Å². The molecule has 1 rings (SSSR count). The standard InChI is InChI=1S/C12H7Cl/c1-2-11-6-8-12(9-7-11)5-3-4-10-13/h1,4,6-10H/b10-4+. The van der Waals surface area contributed by atoms with E-state index in [1.54, 1.807) is 6.08 Å². The first-order valence-electron chi connectivity index (χ1n) is 3.70. The fourth-order valence-corrected chi connectivity index (χ4v) is 0.869. The number of benzene rings is 1. The molecule has 0 heterocycles. The summed E-state index contributed by atoms with van der Waals surface area (Å²) in [5.41, 5.74) is 3.16. The van der Waals surface area contributed by atoms with Crippen molar-refractivity contribution in [1.82, 2.24) is 0 Å². The molecule has 0 atom stereocenters. The molecule has 0 aromatic heterocycles. The lowest BCUT2D eigenvalue weighted by atomic mass is 10.1. The van der Waals surface area contributed by atoms with Crippen LogP contribution in [0.3, 0.4) is 0 Å². The van der Waals surface area contributed by atoms with Gasteiger partial charge in [0, 0.05) is 16.7 Å². The van der Waals surface area contributed by atoms with Crippen molar-refractivity contribution in [3.05, 3.63) is 47.0 Å². The summed E-state index contributed by atoms with van der Waals surface area (Å²) in [6.45, 7) is 0. The molecule has 0 nitrogen and oxygen atoms in total. The topological polar surface area (TPSA) is 0 Å². The summed E-state index contributed by atoms with van der Waals surface area (Å²) in [7, 11) is 0. The maximum absolute atomic E-state index is 5.31. The number of hydrogen-bond donors (Lipinski definition) is 0. The SMILES string of the molecule is C#Cc1ccc(C#C/C=C/Cl)cc1. The number of rotatable bonds is 0. The van der Waals surface area contributed by atoms with Gasteiger partial charge in [-0.2, -0.15) is 0 Å². The second-order valence-corrected chi connectivity index (χ2v) is 2.54. The highest BCUT2D eigenvalue weighted by Gasteiger charge is 1.86. The van der Waals surface area contributed by atoms with Crippen molar-refractivity contribution >= 4 is 11.6 Å². The molecule has 13 heavy (non-hydrogen) atoms. The van der Waals surface area contributed by atoms with E-state index in [-0.39, 0.29) is 0 Å². The fourth-order valence-electron chi connectivity index (χ4n) is 0.806. The normalized spacial score (nSPS) is 8.92. The Balaban J connectivity index is 2.84. The summed E-state index contributed by atoms with van der Waals surface area (Å²) in [5, 5.41) is 0. The van der Waals surface area contributed by atoms with Crippen LogP contribution in [0.2, 0.25) is 0 Å². The van der Waals surface area contributed by atoms with Gasteiger partial charge in [-0.1, -0.05) is 29.4 Å². The van der Waals surface area contributed by atoms with Gasteiger partial charge in [0.1, 0.15) is 0 Å². The third kappa shape index (κ3) is 3.08. The number of allylic oxidation sites excluding steroid dienone is 1. The first-order chi connectivity index (χ1) is 6.36. The van der Waals surface area contributed by atoms with Crippen molar-refractivity contribution in [2.45, 2.75) is 0 Å². The highest BCUT2D eigenvalue weighted by molar-refractivity contribution is 6.25. The molecule has 0 fully saturated rings. The first kappa shape index (κ1) is 9.46. The molecule has 0 N–H and O–H groups in total. The second-order valence-electron chi connectivity index (χ2n) is 2.28. The van der Waals surface area contributed by atoms with E-state index in [2.05, 4.69) is 17.8 Å². The molecule has 0 aliphatic heterocycles. The van der Waals surface area contributed by atoms with Gasteiger partial charge in [-0.15, -0.1) is 6.42 Å². The van der Waals surface area contributed by atoms with Gasteiger partial charge in [-0.05, 0) is 30.3 Å². The van der Waals surface area contributed by atoms with Crippen LogP contribution in [0.1, 0.15) is 11.1 Å². The molecule has 0 saturated carbocycles. The largest absolute Gasteiger partial charge is 0.115 e. The van der Waals surface area contributed by atoms with Crippen molar-refractivity contribution in [3.63, 3.8) is 0 Å². The van der Waals surface area contributed by atoms with Crippen LogP contribution in [0.4, 0.5) is 0 Å². The van der Waals surface area contributed by atoms with E-state index < -0.39 is 0 Å².